The van der Waals surface area contributed by atoms with Crippen molar-refractivity contribution in [2.45, 2.75) is 6.10 Å². The number of Topliss-reactive ketones (excluding diaryl/α,β-unsaturated/α-hetero) is 2. The molecule has 7 heavy (non-hydrogen) atoms. The van der Waals surface area contributed by atoms with Crippen LogP contribution in [0.15, 0.2) is 0 Å². The van der Waals surface area contributed by atoms with Crippen LogP contribution in [-0.2, 0) is 9.59 Å². The Bertz CT molecular complexity index is 127. The summed E-state index contributed by atoms with van der Waals surface area (Å²) >= 11 is 0. The van der Waals surface area contributed by atoms with E-state index in [-0.39, 0.29) is 0 Å². The molecule has 37 valence electrons. The van der Waals surface area contributed by atoms with Crippen molar-refractivity contribution in [1.29, 1.82) is 0 Å². The van der Waals surface area contributed by atoms with Gasteiger partial charge in [0, 0.05) is 0 Å². The number of carbonyl (C=O) groups is 2. The second-order valence-corrected chi connectivity index (χ2v) is 1.34. The normalized spacial score (nSPS) is 30.1. The van der Waals surface area contributed by atoms with Crippen LogP contribution in [0.3, 0.4) is 0 Å². The molecule has 3 heteroatoms. The van der Waals surface area contributed by atoms with Crippen molar-refractivity contribution in [2.24, 2.45) is 0 Å². The number of hydrogen-bond donors (Lipinski definition) is 1. The summed E-state index contributed by atoms with van der Waals surface area (Å²) in [5, 5.41) is 8.26. The van der Waals surface area contributed by atoms with Gasteiger partial charge in [0.05, 0.1) is 6.42 Å². The van der Waals surface area contributed by atoms with Gasteiger partial charge in [0.15, 0.2) is 0 Å². The Balaban J connectivity index is 2.60. The van der Waals surface area contributed by atoms with E-state index in [1.807, 2.05) is 0 Å². The molecule has 0 heterocycles. The van der Waals surface area contributed by atoms with Crippen LogP contribution in [0.1, 0.15) is 0 Å². The van der Waals surface area contributed by atoms with E-state index in [4.69, 9.17) is 5.11 Å². The molecule has 0 aromatic rings. The number of hydrogen-bond acceptors (Lipinski definition) is 3. The Morgan fingerprint density at radius 3 is 2.14 bits per heavy atom. The van der Waals surface area contributed by atoms with Gasteiger partial charge in [-0.25, -0.2) is 0 Å². The van der Waals surface area contributed by atoms with E-state index < -0.39 is 17.7 Å². The molecule has 0 saturated heterocycles. The van der Waals surface area contributed by atoms with Crippen molar-refractivity contribution in [3.8, 4) is 0 Å². The third-order valence-electron chi connectivity index (χ3n) is 0.821. The molecule has 1 saturated carbocycles. The first-order valence-corrected chi connectivity index (χ1v) is 1.83. The number of ketones is 2. The molecular weight excluding hydrogens is 96.0 g/mol. The third kappa shape index (κ3) is 0.452. The number of aliphatic hydroxyl groups excluding tert-OH is 1. The smallest absolute Gasteiger partial charge is 0.227 e. The van der Waals surface area contributed by atoms with Crippen LogP contribution < -0.4 is 0 Å². The fourth-order valence-corrected chi connectivity index (χ4v) is 0.351. The van der Waals surface area contributed by atoms with Gasteiger partial charge in [-0.2, -0.15) is 0 Å². The highest BCUT2D eigenvalue weighted by atomic mass is 16.3. The van der Waals surface area contributed by atoms with Crippen molar-refractivity contribution < 1.29 is 14.7 Å². The van der Waals surface area contributed by atoms with Gasteiger partial charge in [-0.15, -0.1) is 0 Å². The first-order valence-electron chi connectivity index (χ1n) is 1.83. The molecule has 1 N–H and O–H groups in total. The summed E-state index contributed by atoms with van der Waals surface area (Å²) in [6.45, 7) is 0. The molecule has 1 rings (SSSR count). The van der Waals surface area contributed by atoms with Crippen LogP contribution >= 0.6 is 0 Å². The van der Waals surface area contributed by atoms with Crippen LogP contribution in [0.4, 0.5) is 0 Å². The van der Waals surface area contributed by atoms with Crippen molar-refractivity contribution in [3.63, 3.8) is 0 Å². The molecule has 0 amide bonds. The van der Waals surface area contributed by atoms with E-state index in [1.165, 1.54) is 0 Å². The van der Waals surface area contributed by atoms with Crippen LogP contribution in [-0.4, -0.2) is 22.8 Å². The van der Waals surface area contributed by atoms with Gasteiger partial charge in [0.25, 0.3) is 0 Å². The summed E-state index contributed by atoms with van der Waals surface area (Å²) in [5.74, 6) is -1.27. The maximum atomic E-state index is 9.93. The lowest BCUT2D eigenvalue weighted by molar-refractivity contribution is -0.145. The van der Waals surface area contributed by atoms with Gasteiger partial charge in [-0.05, 0) is 0 Å². The predicted molar refractivity (Wildman–Crippen MR) is 20.3 cm³/mol. The quantitative estimate of drug-likeness (QED) is 0.384. The van der Waals surface area contributed by atoms with Crippen LogP contribution in [0.2, 0.25) is 0 Å². The largest absolute Gasteiger partial charge is 0.384 e. The monoisotopic (exact) mass is 99.0 g/mol. The van der Waals surface area contributed by atoms with Crippen molar-refractivity contribution in [2.75, 3.05) is 0 Å². The summed E-state index contributed by atoms with van der Waals surface area (Å²) in [5.41, 5.74) is 0. The van der Waals surface area contributed by atoms with Crippen LogP contribution in [0, 0.1) is 6.42 Å². The Labute approximate surface area is 39.9 Å². The molecule has 1 aliphatic rings. The Hall–Kier alpha value is -0.700. The van der Waals surface area contributed by atoms with Crippen LogP contribution in [0.5, 0.6) is 0 Å². The lowest BCUT2D eigenvalue weighted by Crippen LogP contribution is -2.42. The summed E-state index contributed by atoms with van der Waals surface area (Å²) in [6, 6.07) is 0. The second kappa shape index (κ2) is 1.13. The van der Waals surface area contributed by atoms with Gasteiger partial charge >= 0.3 is 0 Å². The molecular formula is C4H3O3. The molecule has 1 unspecified atom stereocenters. The Morgan fingerprint density at radius 2 is 2.14 bits per heavy atom. The van der Waals surface area contributed by atoms with E-state index in [0.717, 1.165) is 6.42 Å². The van der Waals surface area contributed by atoms with E-state index in [2.05, 4.69) is 0 Å². The maximum Gasteiger partial charge on any atom is 0.227 e. The first kappa shape index (κ1) is 4.46. The molecule has 1 radical (unpaired) electrons. The summed E-state index contributed by atoms with van der Waals surface area (Å²) < 4.78 is 0. The highest BCUT2D eigenvalue weighted by molar-refractivity contribution is 6.50. The number of aliphatic hydroxyl groups is 1. The highest BCUT2D eigenvalue weighted by Crippen LogP contribution is 2.06. The molecule has 1 atom stereocenters. The Morgan fingerprint density at radius 1 is 1.57 bits per heavy atom. The molecule has 3 nitrogen and oxygen atoms in total. The van der Waals surface area contributed by atoms with E-state index in [0.29, 0.717) is 0 Å². The van der Waals surface area contributed by atoms with Gasteiger partial charge in [0.2, 0.25) is 11.6 Å². The van der Waals surface area contributed by atoms with Crippen molar-refractivity contribution in [1.82, 2.24) is 0 Å². The summed E-state index contributed by atoms with van der Waals surface area (Å²) in [4.78, 5) is 19.8. The average molecular weight is 99.1 g/mol. The molecule has 0 aromatic heterocycles. The maximum absolute atomic E-state index is 9.93. The second-order valence-electron chi connectivity index (χ2n) is 1.34. The van der Waals surface area contributed by atoms with Gasteiger partial charge in [-0.1, -0.05) is 0 Å². The molecule has 0 spiro atoms. The van der Waals surface area contributed by atoms with E-state index in [9.17, 15) is 9.59 Å². The Kier molecular flexibility index (Phi) is 0.722. The SMILES string of the molecule is O=C1[CH]C(O)C1=O. The van der Waals surface area contributed by atoms with Gasteiger partial charge in [-0.3, -0.25) is 9.59 Å². The zero-order valence-electron chi connectivity index (χ0n) is 3.42. The fourth-order valence-electron chi connectivity index (χ4n) is 0.351. The lowest BCUT2D eigenvalue weighted by Gasteiger charge is -2.13. The number of carbonyl (C=O) groups excluding carboxylic acids is 2. The zero-order chi connectivity index (χ0) is 5.44. The van der Waals surface area contributed by atoms with E-state index in [1.54, 1.807) is 0 Å². The summed E-state index contributed by atoms with van der Waals surface area (Å²) in [7, 11) is 0. The minimum atomic E-state index is -1.10. The molecule has 0 aromatic carbocycles. The van der Waals surface area contributed by atoms with Gasteiger partial charge < -0.3 is 5.11 Å². The first-order chi connectivity index (χ1) is 3.22. The average Bonchev–Trinajstić information content (AvgIpc) is 1.68. The number of rotatable bonds is 0. The predicted octanol–water partition coefficient (Wildman–Crippen LogP) is -1.30. The molecule has 0 bridgehead atoms. The standard InChI is InChI=1S/C4H3O3/c5-2-1-3(6)4(2)7/h1-2,5H. The summed E-state index contributed by atoms with van der Waals surface area (Å²) in [6.07, 6.45) is -0.130. The van der Waals surface area contributed by atoms with Crippen molar-refractivity contribution in [3.05, 3.63) is 6.42 Å². The topological polar surface area (TPSA) is 54.4 Å². The lowest BCUT2D eigenvalue weighted by atomic mass is 9.93. The highest BCUT2D eigenvalue weighted by Gasteiger charge is 2.36. The fraction of sp³-hybridized carbons (Fsp3) is 0.250. The van der Waals surface area contributed by atoms with Crippen molar-refractivity contribution >= 4 is 11.6 Å². The molecule has 1 aliphatic carbocycles. The van der Waals surface area contributed by atoms with E-state index >= 15 is 0 Å². The minimum absolute atomic E-state index is 0.576. The minimum Gasteiger partial charge on any atom is -0.384 e. The zero-order valence-corrected chi connectivity index (χ0v) is 3.42. The molecule has 1 fully saturated rings. The molecule has 0 aliphatic heterocycles. The van der Waals surface area contributed by atoms with Crippen LogP contribution in [0.25, 0.3) is 0 Å². The third-order valence-corrected chi connectivity index (χ3v) is 0.821. The van der Waals surface area contributed by atoms with Gasteiger partial charge in [0.1, 0.15) is 6.10 Å².